The molecule has 8 N–H and O–H groups in total. The first-order valence-corrected chi connectivity index (χ1v) is 15.5. The summed E-state index contributed by atoms with van der Waals surface area (Å²) in [6.45, 7) is -0.392. The number of nitrogens with one attached hydrogen (secondary N) is 1. The maximum Gasteiger partial charge on any atom is 0.377 e. The van der Waals surface area contributed by atoms with Crippen molar-refractivity contribution in [2.75, 3.05) is 6.54 Å². The lowest BCUT2D eigenvalue weighted by Crippen LogP contribution is -2.67. The van der Waals surface area contributed by atoms with Crippen molar-refractivity contribution in [3.05, 3.63) is 0 Å². The van der Waals surface area contributed by atoms with Crippen LogP contribution in [0.15, 0.2) is 0 Å². The van der Waals surface area contributed by atoms with Crippen LogP contribution in [0.2, 0.25) is 0 Å². The Balaban J connectivity index is 2.43. The van der Waals surface area contributed by atoms with Gasteiger partial charge >= 0.3 is 48.6 Å². The maximum absolute atomic E-state index is 12.7. The molecule has 0 amide bonds. The second kappa shape index (κ2) is 6.41. The van der Waals surface area contributed by atoms with Crippen LogP contribution in [0.1, 0.15) is 12.8 Å². The van der Waals surface area contributed by atoms with E-state index in [0.29, 0.717) is 0 Å². The van der Waals surface area contributed by atoms with Crippen LogP contribution in [0.25, 0.3) is 0 Å². The molecule has 4 aliphatic heterocycles. The molecule has 168 valence electrons. The van der Waals surface area contributed by atoms with Gasteiger partial charge in [0.05, 0.1) is 0 Å². The standard InChI is InChI=1S/C8H16NO15P5/c10-6(11)5-3-4(1-2-9-5)7(25(12,13)14,26(15,16)17)8(27(18,19)20)28(21)23-29(8,22)24-28/h4-5,9H,1-3H2,(H,10,11)(H2,12,13,14)(H2,15,16,17)(H2,18,19,20). The molecule has 4 heterocycles. The van der Waals surface area contributed by atoms with Crippen molar-refractivity contribution in [1.82, 2.24) is 5.32 Å². The van der Waals surface area contributed by atoms with Gasteiger partial charge in [-0.15, -0.1) is 0 Å². The fraction of sp³-hybridized carbons (Fsp3) is 0.875. The van der Waals surface area contributed by atoms with Crippen molar-refractivity contribution in [2.24, 2.45) is 5.92 Å². The molecular weight excluding hydrogens is 505 g/mol. The summed E-state index contributed by atoms with van der Waals surface area (Å²) in [5.74, 6) is -3.72. The predicted molar refractivity (Wildman–Crippen MR) is 91.1 cm³/mol. The van der Waals surface area contributed by atoms with E-state index in [-0.39, 0.29) is 0 Å². The van der Waals surface area contributed by atoms with Gasteiger partial charge in [-0.25, -0.2) is 8.62 Å². The van der Waals surface area contributed by atoms with Crippen LogP contribution in [0, 0.1) is 5.92 Å². The van der Waals surface area contributed by atoms with Gasteiger partial charge in [0.25, 0.3) is 0 Å². The Morgan fingerprint density at radius 1 is 1.00 bits per heavy atom. The van der Waals surface area contributed by atoms with Gasteiger partial charge in [0, 0.05) is 0 Å². The molecule has 0 radical (unpaired) electrons. The smallest absolute Gasteiger partial charge is 0.377 e. The summed E-state index contributed by atoms with van der Waals surface area (Å²) in [7, 11) is -29.8. The van der Waals surface area contributed by atoms with E-state index in [2.05, 4.69) is 13.9 Å². The Hall–Kier alpha value is 0.260. The summed E-state index contributed by atoms with van der Waals surface area (Å²) in [6.07, 6.45) is -1.55. The van der Waals surface area contributed by atoms with E-state index in [1.807, 2.05) is 0 Å². The molecule has 2 bridgehead atoms. The number of rotatable bonds is 6. The van der Waals surface area contributed by atoms with E-state index < -0.39 is 84.8 Å². The van der Waals surface area contributed by atoms with Crippen molar-refractivity contribution in [3.8, 4) is 0 Å². The third-order valence-corrected chi connectivity index (χ3v) is 22.4. The van der Waals surface area contributed by atoms with Crippen LogP contribution in [0.5, 0.6) is 0 Å². The molecule has 21 heteroatoms. The monoisotopic (exact) mass is 521 g/mol. The van der Waals surface area contributed by atoms with Gasteiger partial charge in [0.1, 0.15) is 6.04 Å². The van der Waals surface area contributed by atoms with Crippen LogP contribution < -0.4 is 5.32 Å². The highest BCUT2D eigenvalue weighted by molar-refractivity contribution is 8.09. The Bertz CT molecular complexity index is 930. The minimum Gasteiger partial charge on any atom is -0.480 e. The summed E-state index contributed by atoms with van der Waals surface area (Å²) in [6, 6.07) is -1.62. The molecule has 16 nitrogen and oxygen atoms in total. The largest absolute Gasteiger partial charge is 0.480 e. The second-order valence-corrected chi connectivity index (χ2v) is 18.1. The third-order valence-electron chi connectivity index (χ3n) is 5.25. The molecule has 4 aliphatic rings. The summed E-state index contributed by atoms with van der Waals surface area (Å²) in [4.78, 5) is 67.0. The van der Waals surface area contributed by atoms with E-state index in [0.717, 1.165) is 0 Å². The van der Waals surface area contributed by atoms with Crippen molar-refractivity contribution in [3.63, 3.8) is 0 Å². The number of piperidine rings is 1. The average molecular weight is 521 g/mol. The lowest BCUT2D eigenvalue weighted by Gasteiger charge is -2.67. The number of carboxylic acid groups (broad SMARTS) is 1. The molecule has 4 rings (SSSR count). The van der Waals surface area contributed by atoms with Gasteiger partial charge in [0.15, 0.2) is 0 Å². The average Bonchev–Trinajstić information content (AvgIpc) is 2.47. The van der Waals surface area contributed by atoms with Crippen molar-refractivity contribution >= 4 is 43.9 Å². The SMILES string of the molecule is O=C(O)C1CC(C(C2(P(=O)(O)O)P3(=O)OP2(=O)O3)(P(=O)(O)O)P(=O)(O)O)CCN1. The minimum atomic E-state index is -6.41. The number of aliphatic carboxylic acids is 1. The molecule has 0 spiro atoms. The van der Waals surface area contributed by atoms with E-state index >= 15 is 0 Å². The molecule has 0 aromatic rings. The number of hydrogen-bond donors (Lipinski definition) is 8. The van der Waals surface area contributed by atoms with Gasteiger partial charge in [0.2, 0.25) is 4.90 Å². The van der Waals surface area contributed by atoms with Gasteiger partial charge in [-0.3, -0.25) is 27.6 Å². The van der Waals surface area contributed by atoms with Crippen LogP contribution in [-0.2, 0) is 36.2 Å². The molecule has 2 unspecified atom stereocenters. The van der Waals surface area contributed by atoms with Crippen molar-refractivity contribution < 1.29 is 70.7 Å². The van der Waals surface area contributed by atoms with Crippen LogP contribution >= 0.6 is 38.0 Å². The Morgan fingerprint density at radius 2 is 1.45 bits per heavy atom. The molecule has 0 saturated carbocycles. The fourth-order valence-corrected chi connectivity index (χ4v) is 22.9. The molecular formula is C8H16NO15P5. The van der Waals surface area contributed by atoms with E-state index in [1.165, 1.54) is 0 Å². The highest BCUT2D eigenvalue weighted by Crippen LogP contribution is 3.18. The Morgan fingerprint density at radius 3 is 1.76 bits per heavy atom. The highest BCUT2D eigenvalue weighted by atomic mass is 31.4. The number of carbonyl (C=O) groups is 1. The second-order valence-electron chi connectivity index (χ2n) is 6.72. The normalized spacial score (nSPS) is 40.6. The molecule has 0 aromatic carbocycles. The Labute approximate surface area is 161 Å². The molecule has 2 atom stereocenters. The van der Waals surface area contributed by atoms with Crippen LogP contribution in [0.3, 0.4) is 0 Å². The van der Waals surface area contributed by atoms with Crippen molar-refractivity contribution in [2.45, 2.75) is 28.4 Å². The number of carboxylic acids is 1. The zero-order valence-corrected chi connectivity index (χ0v) is 18.4. The van der Waals surface area contributed by atoms with Gasteiger partial charge in [-0.1, -0.05) is 0 Å². The molecule has 4 saturated heterocycles. The first-order chi connectivity index (χ1) is 12.8. The lowest BCUT2D eigenvalue weighted by atomic mass is 9.89. The summed E-state index contributed by atoms with van der Waals surface area (Å²) >= 11 is 0. The zero-order chi connectivity index (χ0) is 22.5. The van der Waals surface area contributed by atoms with E-state index in [4.69, 9.17) is 5.11 Å². The van der Waals surface area contributed by atoms with E-state index in [1.54, 1.807) is 0 Å². The predicted octanol–water partition coefficient (Wildman–Crippen LogP) is -0.231. The number of hydrogen-bond acceptors (Lipinski definition) is 9. The van der Waals surface area contributed by atoms with Crippen LogP contribution in [0.4, 0.5) is 0 Å². The van der Waals surface area contributed by atoms with Crippen molar-refractivity contribution in [1.29, 1.82) is 0 Å². The summed E-state index contributed by atoms with van der Waals surface area (Å²) in [5, 5.41) is 11.6. The third kappa shape index (κ3) is 2.62. The highest BCUT2D eigenvalue weighted by Gasteiger charge is 3.07. The first-order valence-electron chi connectivity index (χ1n) is 7.58. The topological polar surface area (TPSA) is 275 Å². The zero-order valence-electron chi connectivity index (χ0n) is 13.9. The first kappa shape index (κ1) is 23.9. The van der Waals surface area contributed by atoms with Gasteiger partial charge in [-0.2, -0.15) is 0 Å². The quantitative estimate of drug-likeness (QED) is 0.210. The van der Waals surface area contributed by atoms with Gasteiger partial charge in [-0.05, 0) is 25.3 Å². The summed E-state index contributed by atoms with van der Waals surface area (Å²) in [5.41, 5.74) is 0. The van der Waals surface area contributed by atoms with E-state index in [9.17, 15) is 57.0 Å². The summed E-state index contributed by atoms with van der Waals surface area (Å²) < 4.78 is 67.4. The lowest BCUT2D eigenvalue weighted by molar-refractivity contribution is -0.140. The van der Waals surface area contributed by atoms with Crippen LogP contribution in [-0.4, -0.2) is 62.6 Å². The molecule has 0 aromatic heterocycles. The minimum absolute atomic E-state index is 0.392. The fourth-order valence-electron chi connectivity index (χ4n) is 4.32. The van der Waals surface area contributed by atoms with Gasteiger partial charge < -0.3 is 39.8 Å². The molecule has 0 aliphatic carbocycles. The molecule has 29 heavy (non-hydrogen) atoms. The Kier molecular flexibility index (Phi) is 5.28. The maximum atomic E-state index is 12.7. The molecule has 4 fully saturated rings.